The van der Waals surface area contributed by atoms with Gasteiger partial charge in [0.15, 0.2) is 0 Å². The summed E-state index contributed by atoms with van der Waals surface area (Å²) in [7, 11) is 0. The Morgan fingerprint density at radius 3 is 2.69 bits per heavy atom. The lowest BCUT2D eigenvalue weighted by molar-refractivity contribution is -0.144. The van der Waals surface area contributed by atoms with E-state index in [2.05, 4.69) is 4.98 Å². The Bertz CT molecular complexity index is 650. The van der Waals surface area contributed by atoms with Crippen molar-refractivity contribution in [2.75, 3.05) is 32.8 Å². The van der Waals surface area contributed by atoms with E-state index in [9.17, 15) is 9.59 Å². The average molecular weight is 357 g/mol. The smallest absolute Gasteiger partial charge is 0.228 e. The highest BCUT2D eigenvalue weighted by Gasteiger charge is 2.42. The molecule has 0 aliphatic carbocycles. The van der Waals surface area contributed by atoms with Crippen LogP contribution in [-0.4, -0.2) is 59.4 Å². The Balaban J connectivity index is 1.37. The van der Waals surface area contributed by atoms with Crippen molar-refractivity contribution in [1.82, 2.24) is 14.8 Å². The van der Waals surface area contributed by atoms with Gasteiger partial charge in [-0.3, -0.25) is 14.6 Å². The number of hydrogen-bond acceptors (Lipinski definition) is 4. The van der Waals surface area contributed by atoms with Crippen molar-refractivity contribution in [2.24, 2.45) is 11.3 Å². The third kappa shape index (κ3) is 3.61. The Morgan fingerprint density at radius 2 is 2.00 bits per heavy atom. The number of ether oxygens (including phenoxy) is 1. The van der Waals surface area contributed by atoms with Gasteiger partial charge in [0.05, 0.1) is 12.5 Å². The van der Waals surface area contributed by atoms with E-state index >= 15 is 0 Å². The molecule has 3 saturated heterocycles. The van der Waals surface area contributed by atoms with Crippen LogP contribution in [0, 0.1) is 11.3 Å². The van der Waals surface area contributed by atoms with Gasteiger partial charge in [-0.25, -0.2) is 0 Å². The van der Waals surface area contributed by atoms with E-state index < -0.39 is 0 Å². The number of amides is 2. The minimum absolute atomic E-state index is 0.0557. The van der Waals surface area contributed by atoms with Crippen LogP contribution >= 0.6 is 0 Å². The summed E-state index contributed by atoms with van der Waals surface area (Å²) in [5.74, 6) is 0.562. The number of hydrogen-bond donors (Lipinski definition) is 0. The maximum absolute atomic E-state index is 12.6. The Labute approximate surface area is 154 Å². The lowest BCUT2D eigenvalue weighted by Crippen LogP contribution is -2.52. The van der Waals surface area contributed by atoms with Crippen molar-refractivity contribution in [1.29, 1.82) is 0 Å². The minimum Gasteiger partial charge on any atom is -0.381 e. The van der Waals surface area contributed by atoms with E-state index in [-0.39, 0.29) is 23.1 Å². The molecular weight excluding hydrogens is 330 g/mol. The van der Waals surface area contributed by atoms with Crippen LogP contribution in [0.2, 0.25) is 0 Å². The molecule has 3 aliphatic heterocycles. The monoisotopic (exact) mass is 357 g/mol. The maximum Gasteiger partial charge on any atom is 0.228 e. The van der Waals surface area contributed by atoms with E-state index in [0.717, 1.165) is 50.9 Å². The van der Waals surface area contributed by atoms with Crippen LogP contribution < -0.4 is 0 Å². The van der Waals surface area contributed by atoms with Gasteiger partial charge in [0.1, 0.15) is 0 Å². The predicted molar refractivity (Wildman–Crippen MR) is 96.1 cm³/mol. The molecule has 3 aliphatic rings. The van der Waals surface area contributed by atoms with Gasteiger partial charge >= 0.3 is 0 Å². The minimum atomic E-state index is 0.0557. The van der Waals surface area contributed by atoms with Crippen LogP contribution in [0.5, 0.6) is 0 Å². The second kappa shape index (κ2) is 7.35. The number of piperidine rings is 2. The van der Waals surface area contributed by atoms with E-state index in [1.54, 1.807) is 12.4 Å². The van der Waals surface area contributed by atoms with Crippen LogP contribution in [0.3, 0.4) is 0 Å². The Morgan fingerprint density at radius 1 is 1.23 bits per heavy atom. The van der Waals surface area contributed by atoms with E-state index in [1.807, 2.05) is 21.9 Å². The SMILES string of the molecule is O=C1CCC2(CCN(C(=O)C3CCOC3)CC2)CN1Cc1ccncc1. The fraction of sp³-hybridized carbons (Fsp3) is 0.650. The molecule has 3 fully saturated rings. The third-order valence-corrected chi connectivity index (χ3v) is 6.29. The van der Waals surface area contributed by atoms with E-state index in [1.165, 1.54) is 0 Å². The zero-order valence-electron chi connectivity index (χ0n) is 15.2. The molecular formula is C20H27N3O3. The van der Waals surface area contributed by atoms with Crippen LogP contribution in [0.4, 0.5) is 0 Å². The fourth-order valence-electron chi connectivity index (χ4n) is 4.55. The summed E-state index contributed by atoms with van der Waals surface area (Å²) in [5, 5.41) is 0. The van der Waals surface area contributed by atoms with Gasteiger partial charge < -0.3 is 14.5 Å². The van der Waals surface area contributed by atoms with Gasteiger partial charge in [-0.15, -0.1) is 0 Å². The summed E-state index contributed by atoms with van der Waals surface area (Å²) in [4.78, 5) is 33.1. The lowest BCUT2D eigenvalue weighted by Gasteiger charge is -2.47. The highest BCUT2D eigenvalue weighted by Crippen LogP contribution is 2.41. The number of carbonyl (C=O) groups excluding carboxylic acids is 2. The highest BCUT2D eigenvalue weighted by molar-refractivity contribution is 5.79. The number of rotatable bonds is 3. The van der Waals surface area contributed by atoms with Gasteiger partial charge in [0.2, 0.25) is 11.8 Å². The van der Waals surface area contributed by atoms with Gasteiger partial charge in [0, 0.05) is 51.6 Å². The topological polar surface area (TPSA) is 62.7 Å². The van der Waals surface area contributed by atoms with Crippen LogP contribution in [0.1, 0.15) is 37.7 Å². The molecule has 4 rings (SSSR count). The number of pyridine rings is 1. The third-order valence-electron chi connectivity index (χ3n) is 6.29. The number of likely N-dealkylation sites (tertiary alicyclic amines) is 2. The first kappa shape index (κ1) is 17.5. The zero-order chi connectivity index (χ0) is 18.0. The summed E-state index contributed by atoms with van der Waals surface area (Å²) in [6, 6.07) is 3.94. The highest BCUT2D eigenvalue weighted by atomic mass is 16.5. The van der Waals surface area contributed by atoms with Crippen molar-refractivity contribution < 1.29 is 14.3 Å². The zero-order valence-corrected chi connectivity index (χ0v) is 15.2. The van der Waals surface area contributed by atoms with Crippen molar-refractivity contribution in [3.8, 4) is 0 Å². The molecule has 6 nitrogen and oxygen atoms in total. The van der Waals surface area contributed by atoms with Crippen molar-refractivity contribution in [2.45, 2.75) is 38.6 Å². The maximum atomic E-state index is 12.6. The second-order valence-corrected chi connectivity index (χ2v) is 7.99. The molecule has 1 aromatic rings. The lowest BCUT2D eigenvalue weighted by atomic mass is 9.72. The van der Waals surface area contributed by atoms with E-state index in [4.69, 9.17) is 4.74 Å². The van der Waals surface area contributed by atoms with Crippen molar-refractivity contribution in [3.05, 3.63) is 30.1 Å². The molecule has 1 spiro atoms. The molecule has 140 valence electrons. The van der Waals surface area contributed by atoms with Crippen LogP contribution in [0.25, 0.3) is 0 Å². The number of carbonyl (C=O) groups is 2. The summed E-state index contributed by atoms with van der Waals surface area (Å²) in [6.07, 6.45) is 7.96. The Hall–Kier alpha value is -1.95. The first-order valence-corrected chi connectivity index (χ1v) is 9.68. The van der Waals surface area contributed by atoms with E-state index in [0.29, 0.717) is 26.2 Å². The van der Waals surface area contributed by atoms with Crippen LogP contribution in [-0.2, 0) is 20.9 Å². The van der Waals surface area contributed by atoms with Gasteiger partial charge in [-0.1, -0.05) is 0 Å². The van der Waals surface area contributed by atoms with Gasteiger partial charge in [-0.2, -0.15) is 0 Å². The quantitative estimate of drug-likeness (QED) is 0.828. The largest absolute Gasteiger partial charge is 0.381 e. The number of aromatic nitrogens is 1. The molecule has 6 heteroatoms. The molecule has 4 heterocycles. The standard InChI is InChI=1S/C20H27N3O3/c24-18-1-5-20(15-23(18)13-16-2-8-21-9-3-16)6-10-22(11-7-20)19(25)17-4-12-26-14-17/h2-3,8-9,17H,1,4-7,10-15H2. The molecule has 2 amide bonds. The van der Waals surface area contributed by atoms with Crippen molar-refractivity contribution >= 4 is 11.8 Å². The first-order chi connectivity index (χ1) is 12.7. The number of nitrogens with zero attached hydrogens (tertiary/aromatic N) is 3. The molecule has 26 heavy (non-hydrogen) atoms. The van der Waals surface area contributed by atoms with Gasteiger partial charge in [-0.05, 0) is 48.8 Å². The predicted octanol–water partition coefficient (Wildman–Crippen LogP) is 1.85. The normalized spacial score (nSPS) is 25.7. The summed E-state index contributed by atoms with van der Waals surface area (Å²) >= 11 is 0. The second-order valence-electron chi connectivity index (χ2n) is 7.99. The molecule has 1 aromatic heterocycles. The summed E-state index contributed by atoms with van der Waals surface area (Å²) < 4.78 is 5.37. The molecule has 0 N–H and O–H groups in total. The molecule has 0 saturated carbocycles. The average Bonchev–Trinajstić information content (AvgIpc) is 3.21. The molecule has 0 radical (unpaired) electrons. The summed E-state index contributed by atoms with van der Waals surface area (Å²) in [5.41, 5.74) is 1.29. The molecule has 0 bridgehead atoms. The molecule has 1 atom stereocenters. The van der Waals surface area contributed by atoms with Crippen LogP contribution in [0.15, 0.2) is 24.5 Å². The first-order valence-electron chi connectivity index (χ1n) is 9.68. The Kier molecular flexibility index (Phi) is 4.94. The summed E-state index contributed by atoms with van der Waals surface area (Å²) in [6.45, 7) is 4.38. The molecule has 0 aromatic carbocycles. The molecule has 1 unspecified atom stereocenters. The fourth-order valence-corrected chi connectivity index (χ4v) is 4.55. The van der Waals surface area contributed by atoms with Gasteiger partial charge in [0.25, 0.3) is 0 Å². The van der Waals surface area contributed by atoms with Crippen molar-refractivity contribution in [3.63, 3.8) is 0 Å².